The minimum absolute atomic E-state index is 0.103. The first kappa shape index (κ1) is 10.9. The highest BCUT2D eigenvalue weighted by atomic mass is 16.5. The first-order valence-electron chi connectivity index (χ1n) is 3.52. The van der Waals surface area contributed by atoms with Crippen molar-refractivity contribution in [2.45, 2.75) is 12.1 Å². The van der Waals surface area contributed by atoms with Crippen LogP contribution in [0.1, 0.15) is 0 Å². The largest absolute Gasteiger partial charge is 0.395 e. The lowest BCUT2D eigenvalue weighted by molar-refractivity contribution is -0.0220. The molecule has 4 nitrogen and oxygen atoms in total. The topological polar surface area (TPSA) is 61.7 Å². The average molecular weight is 159 g/mol. The Morgan fingerprint density at radius 1 is 1.45 bits per heavy atom. The van der Waals surface area contributed by atoms with Gasteiger partial charge in [0.2, 0.25) is 0 Å². The average Bonchev–Trinajstić information content (AvgIpc) is 2.03. The predicted octanol–water partition coefficient (Wildman–Crippen LogP) is -1.93. The fraction of sp³-hybridized carbons (Fsp3) is 1.00. The fourth-order valence-electron chi connectivity index (χ4n) is 0.674. The lowest BCUT2D eigenvalue weighted by Crippen LogP contribution is -2.35. The van der Waals surface area contributed by atoms with Crippen molar-refractivity contribution in [1.29, 1.82) is 0 Å². The third-order valence-corrected chi connectivity index (χ3v) is 1.18. The van der Waals surface area contributed by atoms with Gasteiger partial charge in [0.25, 0.3) is 0 Å². The number of rotatable bonds is 6. The molecular formula is C6H14BNO3. The molecule has 0 unspecified atom stereocenters. The van der Waals surface area contributed by atoms with Crippen molar-refractivity contribution < 1.29 is 14.9 Å². The van der Waals surface area contributed by atoms with Gasteiger partial charge in [-0.2, -0.15) is 0 Å². The lowest BCUT2D eigenvalue weighted by atomic mass is 10.0. The van der Waals surface area contributed by atoms with Gasteiger partial charge >= 0.3 is 0 Å². The van der Waals surface area contributed by atoms with E-state index < -0.39 is 6.00 Å². The smallest absolute Gasteiger partial charge is 0.112 e. The van der Waals surface area contributed by atoms with Crippen LogP contribution in [-0.4, -0.2) is 57.0 Å². The van der Waals surface area contributed by atoms with Gasteiger partial charge in [-0.15, -0.1) is 0 Å². The van der Waals surface area contributed by atoms with Crippen LogP contribution >= 0.6 is 0 Å². The van der Waals surface area contributed by atoms with Crippen LogP contribution in [0.5, 0.6) is 0 Å². The molecule has 2 radical (unpaired) electrons. The van der Waals surface area contributed by atoms with Crippen LogP contribution in [-0.2, 0) is 4.74 Å². The van der Waals surface area contributed by atoms with Gasteiger partial charge in [0, 0.05) is 12.5 Å². The first-order valence-corrected chi connectivity index (χ1v) is 3.52. The molecule has 0 aromatic heterocycles. The molecule has 11 heavy (non-hydrogen) atoms. The van der Waals surface area contributed by atoms with Crippen molar-refractivity contribution in [3.05, 3.63) is 0 Å². The number of nitrogens with one attached hydrogen (secondary N) is 1. The molecule has 0 aliphatic carbocycles. The molecule has 2 atom stereocenters. The number of hydrogen-bond acceptors (Lipinski definition) is 4. The molecule has 0 aromatic rings. The normalized spacial score (nSPS) is 16.3. The van der Waals surface area contributed by atoms with E-state index in [1.54, 1.807) is 7.05 Å². The van der Waals surface area contributed by atoms with Crippen molar-refractivity contribution in [2.75, 3.05) is 26.8 Å². The lowest BCUT2D eigenvalue weighted by Gasteiger charge is -2.19. The zero-order valence-electron chi connectivity index (χ0n) is 6.66. The van der Waals surface area contributed by atoms with Gasteiger partial charge in [-0.25, -0.2) is 0 Å². The molecule has 0 aromatic carbocycles. The summed E-state index contributed by atoms with van der Waals surface area (Å²) in [6, 6.07) is -0.708. The van der Waals surface area contributed by atoms with Gasteiger partial charge in [0.1, 0.15) is 7.85 Å². The maximum atomic E-state index is 8.70. The second-order valence-electron chi connectivity index (χ2n) is 2.22. The molecule has 0 aliphatic heterocycles. The van der Waals surface area contributed by atoms with E-state index in [1.807, 2.05) is 0 Å². The Hall–Kier alpha value is -0.0951. The Morgan fingerprint density at radius 3 is 2.45 bits per heavy atom. The SMILES string of the molecule is [B][C@@H](CO)O[C@@H](CO)CNC. The molecule has 0 aliphatic rings. The van der Waals surface area contributed by atoms with Crippen LogP contribution < -0.4 is 5.32 Å². The summed E-state index contributed by atoms with van der Waals surface area (Å²) in [7, 11) is 7.02. The Kier molecular flexibility index (Phi) is 6.55. The van der Waals surface area contributed by atoms with Crippen LogP contribution in [0.4, 0.5) is 0 Å². The fourth-order valence-corrected chi connectivity index (χ4v) is 0.674. The molecule has 5 heteroatoms. The minimum Gasteiger partial charge on any atom is -0.395 e. The summed E-state index contributed by atoms with van der Waals surface area (Å²) in [4.78, 5) is 0. The van der Waals surface area contributed by atoms with E-state index in [0.717, 1.165) is 0 Å². The number of hydrogen-bond donors (Lipinski definition) is 3. The van der Waals surface area contributed by atoms with Crippen molar-refractivity contribution in [3.8, 4) is 0 Å². The third kappa shape index (κ3) is 5.20. The minimum atomic E-state index is -0.708. The van der Waals surface area contributed by atoms with Gasteiger partial charge in [-0.1, -0.05) is 0 Å². The monoisotopic (exact) mass is 159 g/mol. The van der Waals surface area contributed by atoms with Gasteiger partial charge in [-0.05, 0) is 7.05 Å². The zero-order chi connectivity index (χ0) is 8.69. The Bertz CT molecular complexity index is 93.9. The summed E-state index contributed by atoms with van der Waals surface area (Å²) < 4.78 is 5.00. The van der Waals surface area contributed by atoms with Crippen LogP contribution in [0.2, 0.25) is 0 Å². The van der Waals surface area contributed by atoms with Crippen LogP contribution in [0.15, 0.2) is 0 Å². The molecular weight excluding hydrogens is 145 g/mol. The second kappa shape index (κ2) is 6.60. The highest BCUT2D eigenvalue weighted by Crippen LogP contribution is 1.93. The van der Waals surface area contributed by atoms with Crippen molar-refractivity contribution >= 4 is 7.85 Å². The quantitative estimate of drug-likeness (QED) is 0.395. The molecule has 64 valence electrons. The number of aliphatic hydroxyl groups excluding tert-OH is 2. The molecule has 0 bridgehead atoms. The van der Waals surface area contributed by atoms with Crippen molar-refractivity contribution in [2.24, 2.45) is 0 Å². The summed E-state index contributed by atoms with van der Waals surface area (Å²) >= 11 is 0. The number of likely N-dealkylation sites (N-methyl/N-ethyl adjacent to an activating group) is 1. The van der Waals surface area contributed by atoms with E-state index in [-0.39, 0.29) is 19.3 Å². The maximum absolute atomic E-state index is 8.70. The van der Waals surface area contributed by atoms with Crippen LogP contribution in [0.25, 0.3) is 0 Å². The first-order chi connectivity index (χ1) is 5.24. The van der Waals surface area contributed by atoms with E-state index in [4.69, 9.17) is 22.8 Å². The number of ether oxygens (including phenoxy) is 1. The van der Waals surface area contributed by atoms with Crippen LogP contribution in [0, 0.1) is 0 Å². The Labute approximate surface area is 68.0 Å². The molecule has 0 amide bonds. The summed E-state index contributed by atoms with van der Waals surface area (Å²) in [6.07, 6.45) is -0.345. The van der Waals surface area contributed by atoms with Crippen LogP contribution in [0.3, 0.4) is 0 Å². The van der Waals surface area contributed by atoms with Crippen molar-refractivity contribution in [1.82, 2.24) is 5.32 Å². The summed E-state index contributed by atoms with van der Waals surface area (Å²) in [6.45, 7) is 0.180. The highest BCUT2D eigenvalue weighted by Gasteiger charge is 2.09. The Balaban J connectivity index is 3.49. The molecule has 0 saturated carbocycles. The summed E-state index contributed by atoms with van der Waals surface area (Å²) in [5, 5.41) is 20.0. The third-order valence-electron chi connectivity index (χ3n) is 1.18. The molecule has 0 saturated heterocycles. The van der Waals surface area contributed by atoms with E-state index in [9.17, 15) is 0 Å². The highest BCUT2D eigenvalue weighted by molar-refractivity contribution is 6.11. The summed E-state index contributed by atoms with van der Waals surface area (Å²) in [5.41, 5.74) is 0. The van der Waals surface area contributed by atoms with Crippen molar-refractivity contribution in [3.63, 3.8) is 0 Å². The standard InChI is InChI=1S/C6H14BNO3/c1-8-2-5(3-9)11-6(7)4-10/h5-6,8-10H,2-4H2,1H3/t5-,6-/m1/s1. The van der Waals surface area contributed by atoms with E-state index in [1.165, 1.54) is 0 Å². The molecule has 3 N–H and O–H groups in total. The molecule has 0 heterocycles. The van der Waals surface area contributed by atoms with Gasteiger partial charge in [0.15, 0.2) is 0 Å². The molecule has 0 spiro atoms. The maximum Gasteiger partial charge on any atom is 0.112 e. The summed E-state index contributed by atoms with van der Waals surface area (Å²) in [5.74, 6) is 0. The molecule has 0 fully saturated rings. The van der Waals surface area contributed by atoms with Gasteiger partial charge < -0.3 is 20.3 Å². The predicted molar refractivity (Wildman–Crippen MR) is 42.5 cm³/mol. The van der Waals surface area contributed by atoms with Gasteiger partial charge in [0.05, 0.1) is 19.3 Å². The van der Waals surface area contributed by atoms with E-state index in [2.05, 4.69) is 5.32 Å². The zero-order valence-corrected chi connectivity index (χ0v) is 6.66. The Morgan fingerprint density at radius 2 is 2.09 bits per heavy atom. The van der Waals surface area contributed by atoms with E-state index in [0.29, 0.717) is 6.54 Å². The van der Waals surface area contributed by atoms with Gasteiger partial charge in [-0.3, -0.25) is 0 Å². The number of aliphatic hydroxyl groups is 2. The second-order valence-corrected chi connectivity index (χ2v) is 2.22. The van der Waals surface area contributed by atoms with E-state index >= 15 is 0 Å². The molecule has 0 rings (SSSR count).